The van der Waals surface area contributed by atoms with Crippen LogP contribution in [0.5, 0.6) is 0 Å². The summed E-state index contributed by atoms with van der Waals surface area (Å²) in [5, 5.41) is 11.8. The molecule has 2 atom stereocenters. The topological polar surface area (TPSA) is 45.1 Å². The number of halogens is 8. The van der Waals surface area contributed by atoms with Gasteiger partial charge in [0.05, 0.1) is 22.9 Å². The van der Waals surface area contributed by atoms with Crippen LogP contribution in [0.3, 0.4) is 0 Å². The van der Waals surface area contributed by atoms with E-state index < -0.39 is 54.2 Å². The number of pyridine rings is 1. The van der Waals surface area contributed by atoms with Crippen molar-refractivity contribution in [1.82, 2.24) is 10.3 Å². The number of aromatic nitrogens is 1. The fraction of sp³-hybridized carbons (Fsp3) is 0.292. The zero-order valence-corrected chi connectivity index (χ0v) is 18.0. The summed E-state index contributed by atoms with van der Waals surface area (Å²) in [6.07, 6.45) is -11.9. The maximum atomic E-state index is 14.4. The predicted molar refractivity (Wildman–Crippen MR) is 111 cm³/mol. The summed E-state index contributed by atoms with van der Waals surface area (Å²) in [6.45, 7) is -1.46. The first kappa shape index (κ1) is 26.6. The molecular weight excluding hydrogens is 484 g/mol. The quantitative estimate of drug-likeness (QED) is 0.403. The highest BCUT2D eigenvalue weighted by atomic mass is 19.4. The van der Waals surface area contributed by atoms with Crippen molar-refractivity contribution in [2.45, 2.75) is 30.3 Å². The van der Waals surface area contributed by atoms with E-state index in [-0.39, 0.29) is 17.7 Å². The van der Waals surface area contributed by atoms with Crippen LogP contribution in [0.1, 0.15) is 22.4 Å². The van der Waals surface area contributed by atoms with Crippen molar-refractivity contribution in [2.24, 2.45) is 0 Å². The minimum Gasteiger partial charge on any atom is -0.382 e. The molecule has 0 saturated heterocycles. The SMILES string of the molecule is O[C@@H](CNC[C@@](Cc1ccccc1)(c1cc(F)cc(C(F)(F)F)c1)c1ccc(F)cn1)C(F)(F)F. The van der Waals surface area contributed by atoms with Crippen molar-refractivity contribution >= 4 is 0 Å². The van der Waals surface area contributed by atoms with Crippen LogP contribution in [0.2, 0.25) is 0 Å². The van der Waals surface area contributed by atoms with E-state index in [4.69, 9.17) is 0 Å². The lowest BCUT2D eigenvalue weighted by Crippen LogP contribution is -2.46. The van der Waals surface area contributed by atoms with E-state index in [1.807, 2.05) is 0 Å². The molecule has 0 bridgehead atoms. The van der Waals surface area contributed by atoms with Crippen LogP contribution in [0.15, 0.2) is 66.9 Å². The summed E-state index contributed by atoms with van der Waals surface area (Å²) in [6, 6.07) is 12.2. The van der Waals surface area contributed by atoms with Gasteiger partial charge >= 0.3 is 12.4 Å². The molecule has 0 unspecified atom stereocenters. The van der Waals surface area contributed by atoms with Gasteiger partial charge in [-0.2, -0.15) is 26.3 Å². The highest BCUT2D eigenvalue weighted by Gasteiger charge is 2.41. The Morgan fingerprint density at radius 1 is 0.829 bits per heavy atom. The molecule has 0 spiro atoms. The molecule has 11 heteroatoms. The molecule has 35 heavy (non-hydrogen) atoms. The van der Waals surface area contributed by atoms with Crippen LogP contribution in [0, 0.1) is 11.6 Å². The first-order chi connectivity index (χ1) is 16.3. The van der Waals surface area contributed by atoms with Crippen molar-refractivity contribution < 1.29 is 40.2 Å². The van der Waals surface area contributed by atoms with Crippen LogP contribution >= 0.6 is 0 Å². The highest BCUT2D eigenvalue weighted by Crippen LogP contribution is 2.39. The van der Waals surface area contributed by atoms with Crippen LogP contribution in [0.4, 0.5) is 35.1 Å². The smallest absolute Gasteiger partial charge is 0.382 e. The molecule has 3 nitrogen and oxygen atoms in total. The number of nitrogens with one attached hydrogen (secondary N) is 1. The van der Waals surface area contributed by atoms with E-state index in [0.29, 0.717) is 17.7 Å². The van der Waals surface area contributed by atoms with Gasteiger partial charge < -0.3 is 10.4 Å². The number of alkyl halides is 6. The Kier molecular flexibility index (Phi) is 7.80. The van der Waals surface area contributed by atoms with Crippen LogP contribution in [-0.2, 0) is 18.0 Å². The molecule has 1 heterocycles. The maximum Gasteiger partial charge on any atom is 0.416 e. The molecule has 0 aliphatic carbocycles. The number of aliphatic hydroxyl groups is 1. The Hall–Kier alpha value is -3.05. The van der Waals surface area contributed by atoms with Gasteiger partial charge in [-0.05, 0) is 47.9 Å². The van der Waals surface area contributed by atoms with Crippen molar-refractivity contribution in [3.05, 3.63) is 101 Å². The number of nitrogens with zero attached hydrogens (tertiary/aromatic N) is 1. The van der Waals surface area contributed by atoms with Gasteiger partial charge in [0.2, 0.25) is 0 Å². The monoisotopic (exact) mass is 504 g/mol. The third-order valence-electron chi connectivity index (χ3n) is 5.49. The van der Waals surface area contributed by atoms with Gasteiger partial charge in [0.25, 0.3) is 0 Å². The normalized spacial score (nSPS) is 15.0. The largest absolute Gasteiger partial charge is 0.416 e. The third-order valence-corrected chi connectivity index (χ3v) is 5.49. The zero-order chi connectivity index (χ0) is 25.9. The van der Waals surface area contributed by atoms with Crippen LogP contribution < -0.4 is 5.32 Å². The number of benzene rings is 2. The lowest BCUT2D eigenvalue weighted by molar-refractivity contribution is -0.201. The molecule has 0 saturated carbocycles. The van der Waals surface area contributed by atoms with Gasteiger partial charge in [0, 0.05) is 13.1 Å². The van der Waals surface area contributed by atoms with E-state index >= 15 is 0 Å². The van der Waals surface area contributed by atoms with E-state index in [9.17, 15) is 40.2 Å². The Balaban J connectivity index is 2.19. The number of hydrogen-bond acceptors (Lipinski definition) is 3. The van der Waals surface area contributed by atoms with Crippen molar-refractivity contribution in [2.75, 3.05) is 13.1 Å². The minimum absolute atomic E-state index is 0.00419. The summed E-state index contributed by atoms with van der Waals surface area (Å²) >= 11 is 0. The zero-order valence-electron chi connectivity index (χ0n) is 18.0. The average Bonchev–Trinajstić information content (AvgIpc) is 2.78. The molecule has 0 aliphatic rings. The predicted octanol–water partition coefficient (Wildman–Crippen LogP) is 5.42. The molecule has 188 valence electrons. The molecule has 0 radical (unpaired) electrons. The molecule has 3 rings (SSSR count). The van der Waals surface area contributed by atoms with E-state index in [2.05, 4.69) is 10.3 Å². The summed E-state index contributed by atoms with van der Waals surface area (Å²) < 4.78 is 107. The minimum atomic E-state index is -4.94. The molecule has 0 aliphatic heterocycles. The Morgan fingerprint density at radius 2 is 1.49 bits per heavy atom. The standard InChI is InChI=1S/C24H20F8N2O/c25-18-6-7-20(34-12-18)22(11-15-4-2-1-3-5-15,14-33-13-21(35)24(30,31)32)16-8-17(23(27,28)29)10-19(26)9-16/h1-10,12,21,33,35H,11,13-14H2/t21-,22-/m0/s1. The number of aliphatic hydroxyl groups excluding tert-OH is 1. The van der Waals surface area contributed by atoms with Crippen LogP contribution in [0.25, 0.3) is 0 Å². The number of hydrogen-bond donors (Lipinski definition) is 2. The molecule has 0 fully saturated rings. The summed E-state index contributed by atoms with van der Waals surface area (Å²) in [4.78, 5) is 3.99. The second kappa shape index (κ2) is 10.3. The van der Waals surface area contributed by atoms with Crippen LogP contribution in [-0.4, -0.2) is 35.5 Å². The van der Waals surface area contributed by atoms with E-state index in [1.165, 1.54) is 6.07 Å². The van der Waals surface area contributed by atoms with Gasteiger partial charge in [0.1, 0.15) is 11.6 Å². The summed E-state index contributed by atoms with van der Waals surface area (Å²) in [5.74, 6) is -1.97. The summed E-state index contributed by atoms with van der Waals surface area (Å²) in [5.41, 5.74) is -2.66. The Morgan fingerprint density at radius 3 is 2.06 bits per heavy atom. The molecule has 1 aromatic heterocycles. The molecule has 2 aromatic carbocycles. The van der Waals surface area contributed by atoms with E-state index in [0.717, 1.165) is 18.3 Å². The summed E-state index contributed by atoms with van der Waals surface area (Å²) in [7, 11) is 0. The first-order valence-electron chi connectivity index (χ1n) is 10.3. The van der Waals surface area contributed by atoms with Gasteiger partial charge in [-0.1, -0.05) is 30.3 Å². The van der Waals surface area contributed by atoms with Gasteiger partial charge in [0.15, 0.2) is 6.10 Å². The molecule has 3 aromatic rings. The van der Waals surface area contributed by atoms with Gasteiger partial charge in [-0.15, -0.1) is 0 Å². The van der Waals surface area contributed by atoms with Crippen molar-refractivity contribution in [1.29, 1.82) is 0 Å². The second-order valence-electron chi connectivity index (χ2n) is 8.02. The second-order valence-corrected chi connectivity index (χ2v) is 8.02. The van der Waals surface area contributed by atoms with Gasteiger partial charge in [-0.25, -0.2) is 8.78 Å². The molecule has 0 amide bonds. The fourth-order valence-electron chi connectivity index (χ4n) is 3.77. The number of rotatable bonds is 8. The van der Waals surface area contributed by atoms with Crippen molar-refractivity contribution in [3.8, 4) is 0 Å². The van der Waals surface area contributed by atoms with E-state index in [1.54, 1.807) is 30.3 Å². The fourth-order valence-corrected chi connectivity index (χ4v) is 3.77. The maximum absolute atomic E-state index is 14.4. The molecule has 2 N–H and O–H groups in total. The Labute approximate surface area is 195 Å². The molecular formula is C24H20F8N2O. The Bertz CT molecular complexity index is 1120. The lowest BCUT2D eigenvalue weighted by Gasteiger charge is -2.35. The third kappa shape index (κ3) is 6.55. The van der Waals surface area contributed by atoms with Crippen molar-refractivity contribution in [3.63, 3.8) is 0 Å². The van der Waals surface area contributed by atoms with Gasteiger partial charge in [-0.3, -0.25) is 4.98 Å². The first-order valence-corrected chi connectivity index (χ1v) is 10.3. The average molecular weight is 504 g/mol. The highest BCUT2D eigenvalue weighted by molar-refractivity contribution is 5.42. The lowest BCUT2D eigenvalue weighted by atomic mass is 9.72.